The maximum atomic E-state index is 12.8. The van der Waals surface area contributed by atoms with E-state index in [1.807, 2.05) is 31.3 Å². The summed E-state index contributed by atoms with van der Waals surface area (Å²) in [6.07, 6.45) is 1.96. The number of benzene rings is 1. The molecule has 1 aromatic carbocycles. The highest BCUT2D eigenvalue weighted by Gasteiger charge is 2.33. The molecule has 1 aromatic heterocycles. The van der Waals surface area contributed by atoms with Crippen molar-refractivity contribution in [2.24, 2.45) is 0 Å². The molecule has 21 heavy (non-hydrogen) atoms. The minimum absolute atomic E-state index is 0.174. The van der Waals surface area contributed by atoms with E-state index in [0.717, 1.165) is 5.69 Å². The fourth-order valence-corrected chi connectivity index (χ4v) is 4.39. The molecule has 0 bridgehead atoms. The zero-order valence-electron chi connectivity index (χ0n) is 11.6. The first kappa shape index (κ1) is 13.9. The van der Waals surface area contributed by atoms with E-state index in [4.69, 9.17) is 5.26 Å². The molecule has 108 valence electrons. The Bertz CT molecular complexity index is 817. The summed E-state index contributed by atoms with van der Waals surface area (Å²) in [6.45, 7) is 2.96. The topological polar surface area (TPSA) is 66.1 Å². The highest BCUT2D eigenvalue weighted by atomic mass is 32.2. The molecule has 0 saturated heterocycles. The van der Waals surface area contributed by atoms with E-state index < -0.39 is 10.0 Å². The van der Waals surface area contributed by atoms with Gasteiger partial charge in [-0.2, -0.15) is 9.57 Å². The van der Waals surface area contributed by atoms with Crippen LogP contribution >= 0.6 is 0 Å². The largest absolute Gasteiger partial charge is 0.349 e. The first-order chi connectivity index (χ1) is 10.0. The molecule has 0 saturated carbocycles. The lowest BCUT2D eigenvalue weighted by Crippen LogP contribution is -2.40. The van der Waals surface area contributed by atoms with Crippen LogP contribution in [0.25, 0.3) is 0 Å². The highest BCUT2D eigenvalue weighted by molar-refractivity contribution is 7.89. The van der Waals surface area contributed by atoms with Crippen molar-refractivity contribution < 1.29 is 8.42 Å². The summed E-state index contributed by atoms with van der Waals surface area (Å²) in [6, 6.07) is 11.8. The number of sulfonamides is 1. The van der Waals surface area contributed by atoms with E-state index in [1.54, 1.807) is 12.1 Å². The van der Waals surface area contributed by atoms with Gasteiger partial charge < -0.3 is 4.57 Å². The number of nitriles is 1. The fourth-order valence-electron chi connectivity index (χ4n) is 2.75. The second-order valence-electron chi connectivity index (χ2n) is 5.06. The summed E-state index contributed by atoms with van der Waals surface area (Å²) in [5.74, 6) is 0. The Morgan fingerprint density at radius 2 is 2.05 bits per heavy atom. The Morgan fingerprint density at radius 3 is 2.81 bits per heavy atom. The minimum atomic E-state index is -3.60. The van der Waals surface area contributed by atoms with E-state index in [2.05, 4.69) is 4.57 Å². The van der Waals surface area contributed by atoms with Crippen molar-refractivity contribution in [3.63, 3.8) is 0 Å². The molecular weight excluding hydrogens is 286 g/mol. The standard InChI is InChI=1S/C15H15N3O2S/c1-12-15-6-3-7-17(15)8-9-18(12)21(19,20)14-5-2-4-13(10-14)11-16/h2-7,10,12H,8-9H2,1H3/t12-/m1/s1. The fraction of sp³-hybridized carbons (Fsp3) is 0.267. The number of hydrogen-bond acceptors (Lipinski definition) is 3. The summed E-state index contributed by atoms with van der Waals surface area (Å²) in [5.41, 5.74) is 1.34. The molecule has 0 fully saturated rings. The number of nitrogens with zero attached hydrogens (tertiary/aromatic N) is 3. The SMILES string of the molecule is C[C@@H]1c2cccn2CCN1S(=O)(=O)c1cccc(C#N)c1. The minimum Gasteiger partial charge on any atom is -0.349 e. The van der Waals surface area contributed by atoms with Gasteiger partial charge in [0.15, 0.2) is 0 Å². The van der Waals surface area contributed by atoms with Gasteiger partial charge in [-0.05, 0) is 37.3 Å². The van der Waals surface area contributed by atoms with Gasteiger partial charge in [-0.25, -0.2) is 8.42 Å². The van der Waals surface area contributed by atoms with Crippen LogP contribution in [0.1, 0.15) is 24.2 Å². The molecule has 0 unspecified atom stereocenters. The lowest BCUT2D eigenvalue weighted by Gasteiger charge is -2.33. The first-order valence-corrected chi connectivity index (χ1v) is 8.15. The summed E-state index contributed by atoms with van der Waals surface area (Å²) in [7, 11) is -3.60. The average Bonchev–Trinajstić information content (AvgIpc) is 2.97. The van der Waals surface area contributed by atoms with E-state index in [0.29, 0.717) is 18.7 Å². The predicted molar refractivity (Wildman–Crippen MR) is 77.9 cm³/mol. The van der Waals surface area contributed by atoms with E-state index in [-0.39, 0.29) is 10.9 Å². The zero-order valence-corrected chi connectivity index (χ0v) is 12.4. The molecule has 3 rings (SSSR count). The number of rotatable bonds is 2. The van der Waals surface area contributed by atoms with Gasteiger partial charge in [-0.3, -0.25) is 0 Å². The Morgan fingerprint density at radius 1 is 1.24 bits per heavy atom. The van der Waals surface area contributed by atoms with Crippen LogP contribution in [0.4, 0.5) is 0 Å². The van der Waals surface area contributed by atoms with Gasteiger partial charge in [0.2, 0.25) is 10.0 Å². The Balaban J connectivity index is 2.01. The Labute approximate surface area is 124 Å². The second kappa shape index (κ2) is 5.02. The maximum Gasteiger partial charge on any atom is 0.243 e. The normalized spacial score (nSPS) is 19.0. The van der Waals surface area contributed by atoms with Gasteiger partial charge in [-0.1, -0.05) is 6.07 Å². The molecule has 0 spiro atoms. The van der Waals surface area contributed by atoms with Crippen molar-refractivity contribution in [1.29, 1.82) is 5.26 Å². The van der Waals surface area contributed by atoms with Crippen molar-refractivity contribution in [2.45, 2.75) is 24.4 Å². The molecule has 1 aliphatic rings. The quantitative estimate of drug-likeness (QED) is 0.853. The van der Waals surface area contributed by atoms with Crippen LogP contribution in [0.2, 0.25) is 0 Å². The lowest BCUT2D eigenvalue weighted by molar-refractivity contribution is 0.282. The van der Waals surface area contributed by atoms with Crippen LogP contribution in [0, 0.1) is 11.3 Å². The van der Waals surface area contributed by atoms with Crippen LogP contribution in [-0.2, 0) is 16.6 Å². The third-order valence-electron chi connectivity index (χ3n) is 3.86. The second-order valence-corrected chi connectivity index (χ2v) is 6.95. The Hall–Kier alpha value is -2.10. The molecule has 0 N–H and O–H groups in total. The van der Waals surface area contributed by atoms with Crippen LogP contribution in [-0.4, -0.2) is 23.8 Å². The highest BCUT2D eigenvalue weighted by Crippen LogP contribution is 2.31. The summed E-state index contributed by atoms with van der Waals surface area (Å²) < 4.78 is 29.2. The van der Waals surface area contributed by atoms with Gasteiger partial charge >= 0.3 is 0 Å². The average molecular weight is 301 g/mol. The molecule has 1 atom stereocenters. The monoisotopic (exact) mass is 301 g/mol. The van der Waals surface area contributed by atoms with Crippen molar-refractivity contribution >= 4 is 10.0 Å². The van der Waals surface area contributed by atoms with E-state index >= 15 is 0 Å². The molecule has 5 nitrogen and oxygen atoms in total. The Kier molecular flexibility index (Phi) is 3.32. The molecule has 1 aliphatic heterocycles. The number of aromatic nitrogens is 1. The molecule has 2 aromatic rings. The van der Waals surface area contributed by atoms with Crippen molar-refractivity contribution in [3.05, 3.63) is 53.9 Å². The van der Waals surface area contributed by atoms with Gasteiger partial charge in [0.25, 0.3) is 0 Å². The van der Waals surface area contributed by atoms with Crippen LogP contribution in [0.5, 0.6) is 0 Å². The summed E-state index contributed by atoms with van der Waals surface area (Å²) in [5, 5.41) is 8.93. The van der Waals surface area contributed by atoms with E-state index in [9.17, 15) is 8.42 Å². The molecule has 2 heterocycles. The van der Waals surface area contributed by atoms with Crippen LogP contribution in [0.15, 0.2) is 47.5 Å². The van der Waals surface area contributed by atoms with Crippen molar-refractivity contribution in [1.82, 2.24) is 8.87 Å². The number of hydrogen-bond donors (Lipinski definition) is 0. The third-order valence-corrected chi connectivity index (χ3v) is 5.82. The first-order valence-electron chi connectivity index (χ1n) is 6.71. The number of fused-ring (bicyclic) bond motifs is 1. The smallest absolute Gasteiger partial charge is 0.243 e. The van der Waals surface area contributed by atoms with Gasteiger partial charge in [-0.15, -0.1) is 0 Å². The maximum absolute atomic E-state index is 12.8. The zero-order chi connectivity index (χ0) is 15.0. The predicted octanol–water partition coefficient (Wildman–Crippen LogP) is 2.13. The van der Waals surface area contributed by atoms with Gasteiger partial charge in [0.1, 0.15) is 0 Å². The summed E-state index contributed by atoms with van der Waals surface area (Å²) >= 11 is 0. The van der Waals surface area contributed by atoms with Crippen molar-refractivity contribution in [2.75, 3.05) is 6.54 Å². The van der Waals surface area contributed by atoms with E-state index in [1.165, 1.54) is 16.4 Å². The molecule has 0 aliphatic carbocycles. The molecule has 0 radical (unpaired) electrons. The lowest BCUT2D eigenvalue weighted by atomic mass is 10.2. The molecule has 0 amide bonds. The summed E-state index contributed by atoms with van der Waals surface area (Å²) in [4.78, 5) is 0.174. The molecule has 6 heteroatoms. The van der Waals surface area contributed by atoms with Gasteiger partial charge in [0.05, 0.1) is 22.6 Å². The third kappa shape index (κ3) is 2.24. The van der Waals surface area contributed by atoms with Crippen LogP contribution in [0.3, 0.4) is 0 Å². The van der Waals surface area contributed by atoms with Crippen LogP contribution < -0.4 is 0 Å². The van der Waals surface area contributed by atoms with Crippen molar-refractivity contribution in [3.8, 4) is 6.07 Å². The molecular formula is C15H15N3O2S. The van der Waals surface area contributed by atoms with Gasteiger partial charge in [0, 0.05) is 25.0 Å².